The van der Waals surface area contributed by atoms with Crippen LogP contribution in [0.1, 0.15) is 65.2 Å². The lowest BCUT2D eigenvalue weighted by atomic mass is 9.81. The van der Waals surface area contributed by atoms with Gasteiger partial charge < -0.3 is 5.11 Å². The number of aliphatic hydroxyl groups excluding tert-OH is 1. The van der Waals surface area contributed by atoms with Gasteiger partial charge in [-0.15, -0.1) is 0 Å². The van der Waals surface area contributed by atoms with Gasteiger partial charge in [0, 0.05) is 12.1 Å². The largest absolute Gasteiger partial charge is 0.391 e. The summed E-state index contributed by atoms with van der Waals surface area (Å²) in [5.41, 5.74) is 0. The van der Waals surface area contributed by atoms with Crippen molar-refractivity contribution in [2.45, 2.75) is 83.4 Å². The van der Waals surface area contributed by atoms with E-state index in [2.05, 4.69) is 18.7 Å². The van der Waals surface area contributed by atoms with Crippen LogP contribution in [-0.4, -0.2) is 34.7 Å². The van der Waals surface area contributed by atoms with Gasteiger partial charge in [0.25, 0.3) is 0 Å². The molecule has 0 radical (unpaired) electrons. The van der Waals surface area contributed by atoms with Crippen molar-refractivity contribution in [2.75, 3.05) is 6.54 Å². The van der Waals surface area contributed by atoms with Gasteiger partial charge in [-0.25, -0.2) is 0 Å². The second kappa shape index (κ2) is 6.19. The summed E-state index contributed by atoms with van der Waals surface area (Å²) in [5, 5.41) is 10.3. The van der Waals surface area contributed by atoms with Crippen molar-refractivity contribution in [3.8, 4) is 0 Å². The lowest BCUT2D eigenvalue weighted by molar-refractivity contribution is -0.0128. The first-order valence-electron chi connectivity index (χ1n) is 7.66. The number of likely N-dealkylation sites (tertiary alicyclic amines) is 1. The fraction of sp³-hybridized carbons (Fsp3) is 1.00. The van der Waals surface area contributed by atoms with E-state index in [1.165, 1.54) is 51.5 Å². The van der Waals surface area contributed by atoms with E-state index in [0.29, 0.717) is 12.1 Å². The number of nitrogens with zero attached hydrogens (tertiary/aromatic N) is 1. The molecule has 1 aliphatic heterocycles. The van der Waals surface area contributed by atoms with Crippen LogP contribution in [0.5, 0.6) is 0 Å². The number of rotatable bonds is 2. The summed E-state index contributed by atoms with van der Waals surface area (Å²) in [7, 11) is 0. The van der Waals surface area contributed by atoms with Crippen molar-refractivity contribution >= 4 is 0 Å². The Balaban J connectivity index is 2.01. The Morgan fingerprint density at radius 3 is 2.71 bits per heavy atom. The van der Waals surface area contributed by atoms with Crippen LogP contribution in [0.3, 0.4) is 0 Å². The maximum Gasteiger partial charge on any atom is 0.0695 e. The maximum atomic E-state index is 10.3. The molecule has 4 unspecified atom stereocenters. The lowest BCUT2D eigenvalue weighted by Gasteiger charge is -2.43. The average Bonchev–Trinajstić information content (AvgIpc) is 2.55. The van der Waals surface area contributed by atoms with Gasteiger partial charge in [-0.05, 0) is 51.5 Å². The second-order valence-electron chi connectivity index (χ2n) is 6.16. The molecular formula is C15H29NO. The highest BCUT2D eigenvalue weighted by atomic mass is 16.3. The van der Waals surface area contributed by atoms with Crippen LogP contribution in [0.25, 0.3) is 0 Å². The highest BCUT2D eigenvalue weighted by Gasteiger charge is 2.34. The molecule has 2 fully saturated rings. The molecular weight excluding hydrogens is 210 g/mol. The molecule has 100 valence electrons. The summed E-state index contributed by atoms with van der Waals surface area (Å²) in [6, 6.07) is 1.12. The van der Waals surface area contributed by atoms with E-state index < -0.39 is 0 Å². The fourth-order valence-electron chi connectivity index (χ4n) is 3.73. The van der Waals surface area contributed by atoms with Crippen molar-refractivity contribution in [3.63, 3.8) is 0 Å². The molecule has 0 spiro atoms. The summed E-state index contributed by atoms with van der Waals surface area (Å²) >= 11 is 0. The molecule has 1 saturated carbocycles. The SMILES string of the molecule is CCC1CCC(O)C(N2CCCCCC2C)C1. The van der Waals surface area contributed by atoms with E-state index in [4.69, 9.17) is 0 Å². The molecule has 0 aromatic carbocycles. The normalized spacial score (nSPS) is 41.1. The Bertz CT molecular complexity index is 231. The van der Waals surface area contributed by atoms with Gasteiger partial charge in [-0.3, -0.25) is 4.90 Å². The monoisotopic (exact) mass is 239 g/mol. The summed E-state index contributed by atoms with van der Waals surface area (Å²) in [6.07, 6.45) is 10.1. The van der Waals surface area contributed by atoms with Gasteiger partial charge in [0.1, 0.15) is 0 Å². The van der Waals surface area contributed by atoms with Crippen molar-refractivity contribution in [2.24, 2.45) is 5.92 Å². The van der Waals surface area contributed by atoms with Gasteiger partial charge in [0.05, 0.1) is 6.10 Å². The van der Waals surface area contributed by atoms with Crippen LogP contribution in [0.2, 0.25) is 0 Å². The molecule has 0 aromatic heterocycles. The molecule has 2 aliphatic rings. The fourth-order valence-corrected chi connectivity index (χ4v) is 3.73. The zero-order valence-corrected chi connectivity index (χ0v) is 11.6. The Morgan fingerprint density at radius 2 is 1.94 bits per heavy atom. The van der Waals surface area contributed by atoms with Gasteiger partial charge >= 0.3 is 0 Å². The van der Waals surface area contributed by atoms with Crippen LogP contribution in [0.4, 0.5) is 0 Å². The Kier molecular flexibility index (Phi) is 4.87. The molecule has 2 rings (SSSR count). The van der Waals surface area contributed by atoms with Crippen molar-refractivity contribution in [1.82, 2.24) is 4.90 Å². The standard InChI is InChI=1S/C15H29NO/c1-3-13-8-9-15(17)14(11-13)16-10-6-4-5-7-12(16)2/h12-15,17H,3-11H2,1-2H3. The van der Waals surface area contributed by atoms with Crippen LogP contribution < -0.4 is 0 Å². The summed E-state index contributed by atoms with van der Waals surface area (Å²) in [4.78, 5) is 2.62. The molecule has 0 amide bonds. The minimum atomic E-state index is -0.0710. The summed E-state index contributed by atoms with van der Waals surface area (Å²) in [5.74, 6) is 0.846. The van der Waals surface area contributed by atoms with Gasteiger partial charge in [0.2, 0.25) is 0 Å². The quantitative estimate of drug-likeness (QED) is 0.800. The van der Waals surface area contributed by atoms with E-state index in [0.717, 1.165) is 12.3 Å². The Labute approximate surface area is 106 Å². The van der Waals surface area contributed by atoms with Crippen molar-refractivity contribution in [3.05, 3.63) is 0 Å². The topological polar surface area (TPSA) is 23.5 Å². The van der Waals surface area contributed by atoms with Crippen LogP contribution in [0, 0.1) is 5.92 Å². The third-order valence-corrected chi connectivity index (χ3v) is 5.00. The second-order valence-corrected chi connectivity index (χ2v) is 6.16. The highest BCUT2D eigenvalue weighted by molar-refractivity contribution is 4.89. The molecule has 1 heterocycles. The minimum absolute atomic E-state index is 0.0710. The molecule has 17 heavy (non-hydrogen) atoms. The average molecular weight is 239 g/mol. The molecule has 0 aromatic rings. The predicted octanol–water partition coefficient (Wildman–Crippen LogP) is 3.19. The predicted molar refractivity (Wildman–Crippen MR) is 72.1 cm³/mol. The molecule has 0 bridgehead atoms. The van der Waals surface area contributed by atoms with E-state index in [1.807, 2.05) is 0 Å². The first-order valence-corrected chi connectivity index (χ1v) is 7.66. The van der Waals surface area contributed by atoms with Crippen LogP contribution >= 0.6 is 0 Å². The van der Waals surface area contributed by atoms with Gasteiger partial charge in [0.15, 0.2) is 0 Å². The maximum absolute atomic E-state index is 10.3. The van der Waals surface area contributed by atoms with Crippen LogP contribution in [-0.2, 0) is 0 Å². The first kappa shape index (κ1) is 13.4. The third kappa shape index (κ3) is 3.23. The number of aliphatic hydroxyl groups is 1. The van der Waals surface area contributed by atoms with E-state index >= 15 is 0 Å². The zero-order chi connectivity index (χ0) is 12.3. The molecule has 2 heteroatoms. The minimum Gasteiger partial charge on any atom is -0.391 e. The lowest BCUT2D eigenvalue weighted by Crippen LogP contribution is -2.50. The van der Waals surface area contributed by atoms with Crippen LogP contribution in [0.15, 0.2) is 0 Å². The highest BCUT2D eigenvalue weighted by Crippen LogP contribution is 2.32. The number of hydrogen-bond donors (Lipinski definition) is 1. The molecule has 1 N–H and O–H groups in total. The smallest absolute Gasteiger partial charge is 0.0695 e. The molecule has 4 atom stereocenters. The Hall–Kier alpha value is -0.0800. The number of hydrogen-bond acceptors (Lipinski definition) is 2. The first-order chi connectivity index (χ1) is 8.22. The zero-order valence-electron chi connectivity index (χ0n) is 11.6. The van der Waals surface area contributed by atoms with E-state index in [9.17, 15) is 5.11 Å². The van der Waals surface area contributed by atoms with E-state index in [1.54, 1.807) is 0 Å². The molecule has 1 aliphatic carbocycles. The summed E-state index contributed by atoms with van der Waals surface area (Å²) < 4.78 is 0. The van der Waals surface area contributed by atoms with Gasteiger partial charge in [-0.1, -0.05) is 26.2 Å². The van der Waals surface area contributed by atoms with Crippen molar-refractivity contribution < 1.29 is 5.11 Å². The van der Waals surface area contributed by atoms with E-state index in [-0.39, 0.29) is 6.10 Å². The molecule has 1 saturated heterocycles. The van der Waals surface area contributed by atoms with Gasteiger partial charge in [-0.2, -0.15) is 0 Å². The Morgan fingerprint density at radius 1 is 1.12 bits per heavy atom. The third-order valence-electron chi connectivity index (χ3n) is 5.00. The summed E-state index contributed by atoms with van der Waals surface area (Å²) in [6.45, 7) is 5.86. The molecule has 2 nitrogen and oxygen atoms in total. The van der Waals surface area contributed by atoms with Crippen molar-refractivity contribution in [1.29, 1.82) is 0 Å².